The summed E-state index contributed by atoms with van der Waals surface area (Å²) in [5, 5.41) is 9.51. The van der Waals surface area contributed by atoms with Gasteiger partial charge >= 0.3 is 7.12 Å². The summed E-state index contributed by atoms with van der Waals surface area (Å²) in [6.45, 7) is 0. The summed E-state index contributed by atoms with van der Waals surface area (Å²) < 4.78 is 4.88. The van der Waals surface area contributed by atoms with Crippen LogP contribution in [0.15, 0.2) is 18.2 Å². The highest BCUT2D eigenvalue weighted by atomic mass is 16.5. The minimum atomic E-state index is -0.776. The molecule has 1 aromatic carbocycles. The van der Waals surface area contributed by atoms with Gasteiger partial charge in [-0.25, -0.2) is 0 Å². The van der Waals surface area contributed by atoms with Gasteiger partial charge in [0.2, 0.25) is 0 Å². The summed E-state index contributed by atoms with van der Waals surface area (Å²) in [5.74, 6) is 0. The van der Waals surface area contributed by atoms with Crippen molar-refractivity contribution in [3.8, 4) is 0 Å². The Bertz CT molecular complexity index is 325. The van der Waals surface area contributed by atoms with Gasteiger partial charge in [0.15, 0.2) is 0 Å². The normalized spacial score (nSPS) is 15.0. The highest BCUT2D eigenvalue weighted by Crippen LogP contribution is 2.19. The molecule has 0 unspecified atom stereocenters. The molecule has 14 heavy (non-hydrogen) atoms. The van der Waals surface area contributed by atoms with Crippen LogP contribution in [-0.2, 0) is 17.5 Å². The number of rotatable bonds is 2. The third-order valence-corrected chi connectivity index (χ3v) is 2.88. The number of aryl methyl sites for hydroxylation is 2. The van der Waals surface area contributed by atoms with Crippen molar-refractivity contribution in [2.75, 3.05) is 7.11 Å². The lowest BCUT2D eigenvalue weighted by Gasteiger charge is -2.16. The minimum Gasteiger partial charge on any atom is -0.423 e. The van der Waals surface area contributed by atoms with Crippen LogP contribution >= 0.6 is 0 Å². The van der Waals surface area contributed by atoms with E-state index in [1.165, 1.54) is 37.5 Å². The van der Waals surface area contributed by atoms with Crippen molar-refractivity contribution < 1.29 is 9.68 Å². The van der Waals surface area contributed by atoms with Gasteiger partial charge in [0.25, 0.3) is 0 Å². The van der Waals surface area contributed by atoms with Crippen molar-refractivity contribution >= 4 is 12.6 Å². The molecule has 0 aliphatic heterocycles. The third-order valence-electron chi connectivity index (χ3n) is 2.88. The summed E-state index contributed by atoms with van der Waals surface area (Å²) in [5.41, 5.74) is 3.68. The molecule has 1 aromatic rings. The molecule has 0 radical (unpaired) electrons. The van der Waals surface area contributed by atoms with Crippen molar-refractivity contribution in [1.29, 1.82) is 0 Å². The van der Waals surface area contributed by atoms with Crippen LogP contribution in [0.25, 0.3) is 0 Å². The molecule has 3 heteroatoms. The van der Waals surface area contributed by atoms with Crippen LogP contribution in [0.5, 0.6) is 0 Å². The Morgan fingerprint density at radius 1 is 1.21 bits per heavy atom. The predicted octanol–water partition coefficient (Wildman–Crippen LogP) is 0.899. The van der Waals surface area contributed by atoms with Gasteiger partial charge in [-0.1, -0.05) is 18.2 Å². The molecular formula is C11H15BO2. The van der Waals surface area contributed by atoms with Crippen LogP contribution in [0.4, 0.5) is 0 Å². The second kappa shape index (κ2) is 4.15. The summed E-state index contributed by atoms with van der Waals surface area (Å²) in [4.78, 5) is 0. The fraction of sp³-hybridized carbons (Fsp3) is 0.455. The van der Waals surface area contributed by atoms with Gasteiger partial charge in [-0.15, -0.1) is 0 Å². The molecule has 0 heterocycles. The Hall–Kier alpha value is -0.795. The molecule has 2 nitrogen and oxygen atoms in total. The van der Waals surface area contributed by atoms with E-state index >= 15 is 0 Å². The zero-order chi connectivity index (χ0) is 9.97. The van der Waals surface area contributed by atoms with Crippen LogP contribution in [0.1, 0.15) is 24.0 Å². The Morgan fingerprint density at radius 2 is 1.93 bits per heavy atom. The van der Waals surface area contributed by atoms with E-state index in [0.29, 0.717) is 0 Å². The highest BCUT2D eigenvalue weighted by molar-refractivity contribution is 6.59. The number of hydrogen-bond acceptors (Lipinski definition) is 2. The lowest BCUT2D eigenvalue weighted by Crippen LogP contribution is -2.33. The lowest BCUT2D eigenvalue weighted by atomic mass is 9.76. The van der Waals surface area contributed by atoms with E-state index in [1.807, 2.05) is 6.07 Å². The van der Waals surface area contributed by atoms with E-state index in [1.54, 1.807) is 0 Å². The second-order valence-electron chi connectivity index (χ2n) is 3.82. The van der Waals surface area contributed by atoms with E-state index < -0.39 is 7.12 Å². The average molecular weight is 190 g/mol. The largest absolute Gasteiger partial charge is 0.490 e. The molecule has 1 aliphatic rings. The molecular weight excluding hydrogens is 175 g/mol. The second-order valence-corrected chi connectivity index (χ2v) is 3.82. The molecule has 0 bridgehead atoms. The van der Waals surface area contributed by atoms with Crippen LogP contribution in [0.2, 0.25) is 0 Å². The quantitative estimate of drug-likeness (QED) is 0.702. The highest BCUT2D eigenvalue weighted by Gasteiger charge is 2.17. The Kier molecular flexibility index (Phi) is 2.89. The molecule has 0 spiro atoms. The van der Waals surface area contributed by atoms with E-state index in [9.17, 15) is 5.02 Å². The van der Waals surface area contributed by atoms with Crippen molar-refractivity contribution in [3.63, 3.8) is 0 Å². The predicted molar refractivity (Wildman–Crippen MR) is 57.7 cm³/mol. The average Bonchev–Trinajstić information content (AvgIpc) is 2.27. The first-order valence-corrected chi connectivity index (χ1v) is 5.14. The van der Waals surface area contributed by atoms with Crippen molar-refractivity contribution in [2.45, 2.75) is 25.7 Å². The van der Waals surface area contributed by atoms with Gasteiger partial charge in [-0.05, 0) is 42.3 Å². The number of fused-ring (bicyclic) bond motifs is 1. The summed E-state index contributed by atoms with van der Waals surface area (Å²) in [7, 11) is 0.742. The molecule has 0 saturated heterocycles. The zero-order valence-electron chi connectivity index (χ0n) is 8.49. The maximum atomic E-state index is 9.51. The van der Waals surface area contributed by atoms with Gasteiger partial charge in [-0.3, -0.25) is 0 Å². The van der Waals surface area contributed by atoms with Crippen LogP contribution in [0.3, 0.4) is 0 Å². The molecule has 0 saturated carbocycles. The van der Waals surface area contributed by atoms with Crippen LogP contribution in [0, 0.1) is 0 Å². The van der Waals surface area contributed by atoms with E-state index in [0.717, 1.165) is 11.9 Å². The zero-order valence-corrected chi connectivity index (χ0v) is 8.49. The fourth-order valence-electron chi connectivity index (χ4n) is 2.04. The molecule has 0 aromatic heterocycles. The van der Waals surface area contributed by atoms with E-state index in [4.69, 9.17) is 4.65 Å². The van der Waals surface area contributed by atoms with Crippen molar-refractivity contribution in [3.05, 3.63) is 29.3 Å². The monoisotopic (exact) mass is 190 g/mol. The first-order valence-electron chi connectivity index (χ1n) is 5.14. The molecule has 74 valence electrons. The van der Waals surface area contributed by atoms with Gasteiger partial charge in [0, 0.05) is 7.11 Å². The molecule has 0 atom stereocenters. The maximum Gasteiger partial charge on any atom is 0.490 e. The summed E-state index contributed by atoms with van der Waals surface area (Å²) in [6, 6.07) is 6.15. The molecule has 1 aliphatic carbocycles. The molecule has 1 N–H and O–H groups in total. The Labute approximate surface area is 85.1 Å². The standard InChI is InChI=1S/C11H15BO2/c1-14-12(13)11-7-6-9-4-2-3-5-10(9)8-11/h6-8,13H,2-5H2,1H3. The Balaban J connectivity index is 2.29. The topological polar surface area (TPSA) is 29.5 Å². The minimum absolute atomic E-state index is 0.776. The lowest BCUT2D eigenvalue weighted by molar-refractivity contribution is 0.341. The van der Waals surface area contributed by atoms with Crippen LogP contribution in [-0.4, -0.2) is 19.3 Å². The molecule has 0 fully saturated rings. The summed E-state index contributed by atoms with van der Waals surface area (Å²) >= 11 is 0. The molecule has 0 amide bonds. The van der Waals surface area contributed by atoms with Gasteiger partial charge in [-0.2, -0.15) is 0 Å². The summed E-state index contributed by atoms with van der Waals surface area (Å²) in [6.07, 6.45) is 4.87. The maximum absolute atomic E-state index is 9.51. The van der Waals surface area contributed by atoms with Gasteiger partial charge < -0.3 is 9.68 Å². The Morgan fingerprint density at radius 3 is 2.64 bits per heavy atom. The van der Waals surface area contributed by atoms with Crippen molar-refractivity contribution in [2.24, 2.45) is 0 Å². The van der Waals surface area contributed by atoms with E-state index in [2.05, 4.69) is 12.1 Å². The molecule has 2 rings (SSSR count). The van der Waals surface area contributed by atoms with E-state index in [-0.39, 0.29) is 0 Å². The smallest absolute Gasteiger partial charge is 0.423 e. The van der Waals surface area contributed by atoms with Crippen LogP contribution < -0.4 is 5.46 Å². The third kappa shape index (κ3) is 1.84. The van der Waals surface area contributed by atoms with Gasteiger partial charge in [0.1, 0.15) is 0 Å². The van der Waals surface area contributed by atoms with Gasteiger partial charge in [0.05, 0.1) is 0 Å². The number of hydrogen-bond donors (Lipinski definition) is 1. The first kappa shape index (κ1) is 9.75. The number of benzene rings is 1. The fourth-order valence-corrected chi connectivity index (χ4v) is 2.04. The van der Waals surface area contributed by atoms with Crippen molar-refractivity contribution in [1.82, 2.24) is 0 Å². The first-order chi connectivity index (χ1) is 6.81. The SMILES string of the molecule is COB(O)c1ccc2c(c1)CCCC2.